The smallest absolute Gasteiger partial charge is 0.870 e. The van der Waals surface area contributed by atoms with Gasteiger partial charge >= 0.3 is 63.3 Å². The molecule has 2 aromatic carbocycles. The van der Waals surface area contributed by atoms with Gasteiger partial charge in [0.05, 0.1) is 18.0 Å². The quantitative estimate of drug-likeness (QED) is 0.158. The molecular formula is C36H33F2KN6O5. The van der Waals surface area contributed by atoms with Crippen LogP contribution in [0.2, 0.25) is 0 Å². The fraction of sp³-hybridized carbons (Fsp3) is 0.167. The molecule has 0 aliphatic carbocycles. The second-order valence-corrected chi connectivity index (χ2v) is 10.5. The zero-order valence-corrected chi connectivity index (χ0v) is 30.6. The summed E-state index contributed by atoms with van der Waals surface area (Å²) in [5.74, 6) is -0.806. The summed E-state index contributed by atoms with van der Waals surface area (Å²) in [5.41, 5.74) is 3.59. The van der Waals surface area contributed by atoms with E-state index < -0.39 is 11.9 Å². The molecule has 0 saturated heterocycles. The number of hydrogen-bond acceptors (Lipinski definition) is 8. The predicted molar refractivity (Wildman–Crippen MR) is 175 cm³/mol. The number of ether oxygens (including phenoxy) is 1. The number of rotatable bonds is 11. The van der Waals surface area contributed by atoms with Crippen LogP contribution in [0.25, 0.3) is 11.6 Å². The standard InChI is InChI=1S/C19H18FN3O2.C17H14FN3O2.K.H2O/c1-2-25-19(24)16-13-23(18-5-3-4-12-21-18)22-17(16)11-8-14-6-9-15(20)10-7-14;18-13-7-4-12(5-8-13)6-9-15-14(17(22)23)11-21(20-15)16-3-1-2-10-19-16;;/h3-7,9-10,12-13H,2,8,11H2,1H3;1-5,7-8,10-11H,6,9H2,(H,22,23);;1H2/q;;+1;/p-1. The molecule has 50 heavy (non-hydrogen) atoms. The molecule has 2 N–H and O–H groups in total. The molecule has 14 heteroatoms. The summed E-state index contributed by atoms with van der Waals surface area (Å²) in [6.07, 6.45) is 8.61. The van der Waals surface area contributed by atoms with Gasteiger partial charge in [0, 0.05) is 24.8 Å². The Labute approximate surface area is 329 Å². The summed E-state index contributed by atoms with van der Waals surface area (Å²) in [4.78, 5) is 32.0. The minimum Gasteiger partial charge on any atom is -0.870 e. The first-order chi connectivity index (χ1) is 23.3. The van der Waals surface area contributed by atoms with Gasteiger partial charge in [-0.05, 0) is 92.3 Å². The summed E-state index contributed by atoms with van der Waals surface area (Å²) in [6, 6.07) is 23.3. The topological polar surface area (TPSA) is 155 Å². The first-order valence-corrected chi connectivity index (χ1v) is 15.2. The monoisotopic (exact) mass is 706 g/mol. The van der Waals surface area contributed by atoms with Crippen LogP contribution < -0.4 is 51.4 Å². The van der Waals surface area contributed by atoms with Crippen LogP contribution in [-0.4, -0.2) is 58.7 Å². The maximum absolute atomic E-state index is 13.0. The molecule has 11 nitrogen and oxygen atoms in total. The Hall–Kier alpha value is -4.44. The molecule has 0 fully saturated rings. The summed E-state index contributed by atoms with van der Waals surface area (Å²) in [5, 5.41) is 18.2. The SMILES string of the molecule is CCOC(=O)c1cn(-c2ccccn2)nc1CCc1ccc(F)cc1.O=C(O)c1cn(-c2ccccn2)nc1CCc1ccc(F)cc1.[K+].[OH-]. The van der Waals surface area contributed by atoms with Gasteiger partial charge in [0.25, 0.3) is 0 Å². The third kappa shape index (κ3) is 11.0. The van der Waals surface area contributed by atoms with Crippen LogP contribution in [0.5, 0.6) is 0 Å². The van der Waals surface area contributed by atoms with Crippen molar-refractivity contribution in [3.05, 3.63) is 155 Å². The Morgan fingerprint density at radius 3 is 1.52 bits per heavy atom. The number of pyridine rings is 2. The third-order valence-electron chi connectivity index (χ3n) is 7.20. The van der Waals surface area contributed by atoms with Gasteiger partial charge in [-0.3, -0.25) is 0 Å². The van der Waals surface area contributed by atoms with Crippen LogP contribution in [0.3, 0.4) is 0 Å². The molecule has 0 bridgehead atoms. The van der Waals surface area contributed by atoms with E-state index in [9.17, 15) is 23.5 Å². The zero-order valence-electron chi connectivity index (χ0n) is 27.5. The first kappa shape index (κ1) is 40.0. The number of benzene rings is 2. The number of halogens is 2. The van der Waals surface area contributed by atoms with Crippen LogP contribution in [0, 0.1) is 11.6 Å². The molecule has 0 aliphatic heterocycles. The van der Waals surface area contributed by atoms with Crippen molar-refractivity contribution in [1.29, 1.82) is 0 Å². The largest absolute Gasteiger partial charge is 1.00 e. The average Bonchev–Trinajstić information content (AvgIpc) is 3.75. The molecule has 6 aromatic rings. The van der Waals surface area contributed by atoms with E-state index in [-0.39, 0.29) is 74.1 Å². The number of hydrogen-bond donors (Lipinski definition) is 1. The van der Waals surface area contributed by atoms with Crippen molar-refractivity contribution in [2.45, 2.75) is 32.6 Å². The number of carbonyl (C=O) groups is 2. The number of esters is 1. The van der Waals surface area contributed by atoms with Gasteiger partial charge < -0.3 is 15.3 Å². The van der Waals surface area contributed by atoms with Gasteiger partial charge in [-0.15, -0.1) is 0 Å². The molecule has 0 spiro atoms. The van der Waals surface area contributed by atoms with Gasteiger partial charge in [-0.2, -0.15) is 10.2 Å². The van der Waals surface area contributed by atoms with Crippen molar-refractivity contribution < 1.29 is 85.1 Å². The van der Waals surface area contributed by atoms with Crippen LogP contribution in [0.15, 0.2) is 110 Å². The summed E-state index contributed by atoms with van der Waals surface area (Å²) >= 11 is 0. The molecule has 6 rings (SSSR count). The molecule has 0 atom stereocenters. The van der Waals surface area contributed by atoms with Crippen molar-refractivity contribution >= 4 is 11.9 Å². The number of aromatic nitrogens is 6. The zero-order chi connectivity index (χ0) is 33.9. The Bertz CT molecular complexity index is 1960. The summed E-state index contributed by atoms with van der Waals surface area (Å²) in [7, 11) is 0. The third-order valence-corrected chi connectivity index (χ3v) is 7.20. The van der Waals surface area contributed by atoms with Crippen molar-refractivity contribution in [3.8, 4) is 11.6 Å². The number of aromatic carboxylic acids is 1. The Morgan fingerprint density at radius 1 is 0.680 bits per heavy atom. The number of aryl methyl sites for hydroxylation is 4. The fourth-order valence-corrected chi connectivity index (χ4v) is 4.79. The Morgan fingerprint density at radius 2 is 1.12 bits per heavy atom. The number of carbonyl (C=O) groups excluding carboxylic acids is 1. The van der Waals surface area contributed by atoms with Crippen LogP contribution in [0.4, 0.5) is 8.78 Å². The first-order valence-electron chi connectivity index (χ1n) is 15.2. The molecule has 0 aliphatic rings. The van der Waals surface area contributed by atoms with E-state index in [0.29, 0.717) is 60.9 Å². The van der Waals surface area contributed by atoms with E-state index >= 15 is 0 Å². The molecule has 0 unspecified atom stereocenters. The predicted octanol–water partition coefficient (Wildman–Crippen LogP) is 3.09. The molecule has 4 aromatic heterocycles. The van der Waals surface area contributed by atoms with Crippen molar-refractivity contribution in [1.82, 2.24) is 29.5 Å². The Balaban J connectivity index is 0.000000261. The van der Waals surface area contributed by atoms with Crippen molar-refractivity contribution in [3.63, 3.8) is 0 Å². The van der Waals surface area contributed by atoms with E-state index in [4.69, 9.17) is 4.74 Å². The Kier molecular flexibility index (Phi) is 15.7. The van der Waals surface area contributed by atoms with Gasteiger partial charge in [0.2, 0.25) is 0 Å². The van der Waals surface area contributed by atoms with E-state index in [2.05, 4.69) is 20.2 Å². The van der Waals surface area contributed by atoms with Crippen molar-refractivity contribution in [2.24, 2.45) is 0 Å². The van der Waals surface area contributed by atoms with Gasteiger partial charge in [-0.1, -0.05) is 36.4 Å². The molecular weight excluding hydrogens is 674 g/mol. The second-order valence-electron chi connectivity index (χ2n) is 10.5. The maximum Gasteiger partial charge on any atom is 1.00 e. The van der Waals surface area contributed by atoms with Gasteiger partial charge in [-0.25, -0.2) is 37.7 Å². The molecule has 0 radical (unpaired) electrons. The minimum absolute atomic E-state index is 0. The molecule has 252 valence electrons. The van der Waals surface area contributed by atoms with Crippen LogP contribution >= 0.6 is 0 Å². The van der Waals surface area contributed by atoms with Gasteiger partial charge in [0.15, 0.2) is 11.6 Å². The maximum atomic E-state index is 13.0. The molecule has 4 heterocycles. The van der Waals surface area contributed by atoms with Crippen LogP contribution in [-0.2, 0) is 30.4 Å². The summed E-state index contributed by atoms with van der Waals surface area (Å²) in [6.45, 7) is 2.06. The van der Waals surface area contributed by atoms with E-state index in [1.54, 1.807) is 66.6 Å². The minimum atomic E-state index is -1.03. The average molecular weight is 707 g/mol. The fourth-order valence-electron chi connectivity index (χ4n) is 4.79. The number of carboxylic acid groups (broad SMARTS) is 1. The second kappa shape index (κ2) is 19.7. The summed E-state index contributed by atoms with van der Waals surface area (Å²) < 4.78 is 34.1. The van der Waals surface area contributed by atoms with E-state index in [1.165, 1.54) is 35.1 Å². The van der Waals surface area contributed by atoms with Gasteiger partial charge in [0.1, 0.15) is 22.8 Å². The molecule has 0 amide bonds. The molecule has 0 saturated carbocycles. The van der Waals surface area contributed by atoms with E-state index in [1.807, 2.05) is 24.3 Å². The normalized spacial score (nSPS) is 10.2. The van der Waals surface area contributed by atoms with E-state index in [0.717, 1.165) is 11.1 Å². The van der Waals surface area contributed by atoms with Crippen molar-refractivity contribution in [2.75, 3.05) is 6.61 Å². The number of carboxylic acids is 1. The van der Waals surface area contributed by atoms with Crippen LogP contribution in [0.1, 0.15) is 50.2 Å². The number of nitrogens with zero attached hydrogens (tertiary/aromatic N) is 6.